The van der Waals surface area contributed by atoms with Crippen molar-refractivity contribution >= 4 is 30.8 Å². The third-order valence-electron chi connectivity index (χ3n) is 3.11. The normalized spacial score (nSPS) is 16.7. The van der Waals surface area contributed by atoms with Crippen LogP contribution in [-0.2, 0) is 11.2 Å². The van der Waals surface area contributed by atoms with Gasteiger partial charge in [-0.2, -0.15) is 11.8 Å². The molecule has 10 heteroatoms. The molecule has 0 saturated carbocycles. The molecule has 1 amide bonds. The lowest BCUT2D eigenvalue weighted by Gasteiger charge is -2.29. The van der Waals surface area contributed by atoms with Crippen LogP contribution in [0.1, 0.15) is 15.9 Å². The topological polar surface area (TPSA) is 95.9 Å². The monoisotopic (exact) mass is 331 g/mol. The van der Waals surface area contributed by atoms with Crippen molar-refractivity contribution in [3.63, 3.8) is 0 Å². The molecule has 118 valence electrons. The molecule has 0 fully saturated rings. The summed E-state index contributed by atoms with van der Waals surface area (Å²) in [6.07, 6.45) is 1.65. The Morgan fingerprint density at radius 1 is 1.55 bits per heavy atom. The molecule has 6 nitrogen and oxygen atoms in total. The molecular weight excluding hydrogens is 319 g/mol. The molecule has 2 rings (SSSR count). The molecule has 0 saturated heterocycles. The van der Waals surface area contributed by atoms with Gasteiger partial charge in [-0.25, -0.2) is 13.6 Å². The standard InChI is InChI=1S/C12H12BF2NO5S/c1-22-4-8(17)16-7-3-5-2-6(14)10(15)9(12(18)19)11(5)21-13(7)20/h2,7,20H,3-4H2,1H3,(H,16,17)(H,18,19). The van der Waals surface area contributed by atoms with Crippen LogP contribution in [0.4, 0.5) is 8.78 Å². The Balaban J connectivity index is 2.34. The smallest absolute Gasteiger partial charge is 0.534 e. The second kappa shape index (κ2) is 6.53. The molecule has 0 aromatic heterocycles. The lowest BCUT2D eigenvalue weighted by atomic mass is 9.72. The zero-order valence-corrected chi connectivity index (χ0v) is 12.2. The highest BCUT2D eigenvalue weighted by Crippen LogP contribution is 2.33. The van der Waals surface area contributed by atoms with E-state index in [2.05, 4.69) is 5.32 Å². The van der Waals surface area contributed by atoms with Gasteiger partial charge in [0, 0.05) is 0 Å². The Morgan fingerprint density at radius 2 is 2.23 bits per heavy atom. The number of halogens is 2. The molecule has 1 atom stereocenters. The average Bonchev–Trinajstić information content (AvgIpc) is 2.42. The third-order valence-corrected chi connectivity index (χ3v) is 3.66. The maximum absolute atomic E-state index is 13.6. The SMILES string of the molecule is CSCC(=O)NC1Cc2cc(F)c(F)c(C(=O)O)c2OB1O. The van der Waals surface area contributed by atoms with Gasteiger partial charge in [-0.1, -0.05) is 0 Å². The molecule has 1 aliphatic rings. The number of carboxylic acid groups (broad SMARTS) is 1. The summed E-state index contributed by atoms with van der Waals surface area (Å²) in [5.74, 6) is -6.08. The lowest BCUT2D eigenvalue weighted by Crippen LogP contribution is -2.53. The van der Waals surface area contributed by atoms with E-state index in [0.29, 0.717) is 0 Å². The number of amides is 1. The first-order valence-corrected chi connectivity index (χ1v) is 7.61. The largest absolute Gasteiger partial charge is 0.547 e. The Hall–Kier alpha value is -1.81. The van der Waals surface area contributed by atoms with Gasteiger partial charge < -0.3 is 20.1 Å². The number of aromatic carboxylic acids is 1. The van der Waals surface area contributed by atoms with Crippen LogP contribution in [0.3, 0.4) is 0 Å². The average molecular weight is 331 g/mol. The number of hydrogen-bond donors (Lipinski definition) is 3. The Bertz CT molecular complexity index is 630. The zero-order valence-electron chi connectivity index (χ0n) is 11.4. The zero-order chi connectivity index (χ0) is 16.4. The third kappa shape index (κ3) is 3.17. The predicted octanol–water partition coefficient (Wildman–Crippen LogP) is 0.465. The highest BCUT2D eigenvalue weighted by Gasteiger charge is 2.39. The Morgan fingerprint density at radius 3 is 2.82 bits per heavy atom. The van der Waals surface area contributed by atoms with E-state index in [1.807, 2.05) is 0 Å². The second-order valence-electron chi connectivity index (χ2n) is 4.66. The fourth-order valence-electron chi connectivity index (χ4n) is 2.18. The maximum atomic E-state index is 13.6. The van der Waals surface area contributed by atoms with Gasteiger partial charge in [0.1, 0.15) is 11.3 Å². The molecule has 1 unspecified atom stereocenters. The number of carbonyl (C=O) groups is 2. The summed E-state index contributed by atoms with van der Waals surface area (Å²) in [5.41, 5.74) is -0.904. The van der Waals surface area contributed by atoms with Gasteiger partial charge in [0.15, 0.2) is 11.6 Å². The minimum absolute atomic E-state index is 0.0658. The number of thioether (sulfide) groups is 1. The first-order chi connectivity index (χ1) is 10.3. The highest BCUT2D eigenvalue weighted by atomic mass is 32.2. The molecule has 0 spiro atoms. The van der Waals surface area contributed by atoms with Gasteiger partial charge in [0.05, 0.1) is 11.7 Å². The number of carboxylic acids is 1. The molecule has 0 aliphatic carbocycles. The maximum Gasteiger partial charge on any atom is 0.547 e. The van der Waals surface area contributed by atoms with Crippen LogP contribution < -0.4 is 9.97 Å². The minimum atomic E-state index is -1.70. The number of carbonyl (C=O) groups excluding carboxylic acids is 1. The molecule has 0 radical (unpaired) electrons. The molecule has 1 heterocycles. The van der Waals surface area contributed by atoms with Crippen LogP contribution in [0.25, 0.3) is 0 Å². The second-order valence-corrected chi connectivity index (χ2v) is 5.53. The van der Waals surface area contributed by atoms with E-state index in [4.69, 9.17) is 9.76 Å². The molecule has 22 heavy (non-hydrogen) atoms. The van der Waals surface area contributed by atoms with Crippen LogP contribution in [0.2, 0.25) is 0 Å². The molecule has 3 N–H and O–H groups in total. The van der Waals surface area contributed by atoms with Crippen molar-refractivity contribution in [3.8, 4) is 5.75 Å². The van der Waals surface area contributed by atoms with Crippen molar-refractivity contribution in [3.05, 3.63) is 28.8 Å². The molecular formula is C12H12BF2NO5S. The first-order valence-electron chi connectivity index (χ1n) is 6.22. The summed E-state index contributed by atoms with van der Waals surface area (Å²) in [7, 11) is -1.55. The van der Waals surface area contributed by atoms with Crippen LogP contribution in [-0.4, -0.2) is 47.1 Å². The van der Waals surface area contributed by atoms with Crippen LogP contribution in [0, 0.1) is 11.6 Å². The van der Waals surface area contributed by atoms with Gasteiger partial charge in [0.25, 0.3) is 0 Å². The first kappa shape index (κ1) is 16.6. The number of fused-ring (bicyclic) bond motifs is 1. The summed E-state index contributed by atoms with van der Waals surface area (Å²) in [6.45, 7) is 0. The van der Waals surface area contributed by atoms with Gasteiger partial charge in [-0.3, -0.25) is 4.79 Å². The molecule has 1 aliphatic heterocycles. The van der Waals surface area contributed by atoms with Crippen LogP contribution in [0.15, 0.2) is 6.07 Å². The van der Waals surface area contributed by atoms with Gasteiger partial charge >= 0.3 is 13.1 Å². The van der Waals surface area contributed by atoms with E-state index in [1.54, 1.807) is 6.26 Å². The Labute approximate surface area is 129 Å². The van der Waals surface area contributed by atoms with Crippen molar-refractivity contribution < 1.29 is 33.2 Å². The van der Waals surface area contributed by atoms with Crippen molar-refractivity contribution in [2.75, 3.05) is 12.0 Å². The quantitative estimate of drug-likeness (QED) is 0.694. The fourth-order valence-corrected chi connectivity index (χ4v) is 2.53. The van der Waals surface area contributed by atoms with Gasteiger partial charge in [0.2, 0.25) is 5.91 Å². The van der Waals surface area contributed by atoms with Gasteiger partial charge in [-0.15, -0.1) is 0 Å². The number of nitrogens with one attached hydrogen (secondary N) is 1. The summed E-state index contributed by atoms with van der Waals surface area (Å²) in [4.78, 5) is 22.6. The van der Waals surface area contributed by atoms with E-state index in [9.17, 15) is 23.4 Å². The number of hydrogen-bond acceptors (Lipinski definition) is 5. The molecule has 1 aromatic carbocycles. The van der Waals surface area contributed by atoms with E-state index in [-0.39, 0.29) is 23.6 Å². The van der Waals surface area contributed by atoms with E-state index in [0.717, 1.165) is 6.07 Å². The summed E-state index contributed by atoms with van der Waals surface area (Å²) >= 11 is 1.27. The van der Waals surface area contributed by atoms with E-state index < -0.39 is 42.0 Å². The van der Waals surface area contributed by atoms with Crippen molar-refractivity contribution in [1.82, 2.24) is 5.32 Å². The number of benzene rings is 1. The van der Waals surface area contributed by atoms with E-state index >= 15 is 0 Å². The predicted molar refractivity (Wildman–Crippen MR) is 75.9 cm³/mol. The van der Waals surface area contributed by atoms with Crippen LogP contribution >= 0.6 is 11.8 Å². The summed E-state index contributed by atoms with van der Waals surface area (Å²) < 4.78 is 32.1. The van der Waals surface area contributed by atoms with Crippen molar-refractivity contribution in [2.24, 2.45) is 0 Å². The van der Waals surface area contributed by atoms with Crippen LogP contribution in [0.5, 0.6) is 5.75 Å². The minimum Gasteiger partial charge on any atom is -0.534 e. The lowest BCUT2D eigenvalue weighted by molar-refractivity contribution is -0.118. The van der Waals surface area contributed by atoms with Gasteiger partial charge in [-0.05, 0) is 24.3 Å². The van der Waals surface area contributed by atoms with E-state index in [1.165, 1.54) is 11.8 Å². The Kier molecular flexibility index (Phi) is 4.92. The highest BCUT2D eigenvalue weighted by molar-refractivity contribution is 7.99. The molecule has 1 aromatic rings. The summed E-state index contributed by atoms with van der Waals surface area (Å²) in [6, 6.07) is 0.802. The number of rotatable bonds is 4. The summed E-state index contributed by atoms with van der Waals surface area (Å²) in [5, 5.41) is 21.3. The van der Waals surface area contributed by atoms with Crippen molar-refractivity contribution in [1.29, 1.82) is 0 Å². The van der Waals surface area contributed by atoms with Crippen molar-refractivity contribution in [2.45, 2.75) is 12.4 Å². The molecule has 0 bridgehead atoms. The fraction of sp³-hybridized carbons (Fsp3) is 0.333.